The van der Waals surface area contributed by atoms with E-state index in [0.29, 0.717) is 0 Å². The molecule has 0 aliphatic carbocycles. The molecule has 0 atom stereocenters. The molecule has 0 heterocycles. The molecule has 0 aliphatic heterocycles. The van der Waals surface area contributed by atoms with Crippen molar-refractivity contribution in [1.29, 1.82) is 0 Å². The minimum Gasteiger partial charge on any atom is -0.550 e. The van der Waals surface area contributed by atoms with Crippen LogP contribution in [0.1, 0.15) is 25.7 Å². The summed E-state index contributed by atoms with van der Waals surface area (Å²) >= 11 is 0. The lowest BCUT2D eigenvalue weighted by atomic mass is 10.2. The van der Waals surface area contributed by atoms with Gasteiger partial charge in [0.05, 0.1) is 0 Å². The maximum Gasteiger partial charge on any atom is 0.0452 e. The van der Waals surface area contributed by atoms with Gasteiger partial charge in [-0.3, -0.25) is 0 Å². The summed E-state index contributed by atoms with van der Waals surface area (Å²) in [6.07, 6.45) is 8.29. The molecule has 0 fully saturated rings. The van der Waals surface area contributed by atoms with E-state index in [2.05, 4.69) is 6.58 Å². The third kappa shape index (κ3) is 8.95. The summed E-state index contributed by atoms with van der Waals surface area (Å²) in [6.45, 7) is 3.58. The van der Waals surface area contributed by atoms with Gasteiger partial charge in [0.1, 0.15) is 0 Å². The highest BCUT2D eigenvalue weighted by atomic mass is 16.4. The molecule has 0 N–H and O–H groups in total. The number of carbonyl (C=O) groups excluding carboxylic acids is 1. The standard InChI is InChI=1S/C9H14O2/c1-2-3-4-5-6-7-8-9(10)11/h2,6-7H,1,3-5,8H2,(H,10,11)/p-1/b7-6+. The van der Waals surface area contributed by atoms with Crippen molar-refractivity contribution in [1.82, 2.24) is 0 Å². The monoisotopic (exact) mass is 153 g/mol. The van der Waals surface area contributed by atoms with Crippen LogP contribution in [-0.4, -0.2) is 5.97 Å². The Bertz CT molecular complexity index is 148. The summed E-state index contributed by atoms with van der Waals surface area (Å²) < 4.78 is 0. The van der Waals surface area contributed by atoms with Crippen LogP contribution in [0.25, 0.3) is 0 Å². The van der Waals surface area contributed by atoms with Gasteiger partial charge in [0, 0.05) is 12.4 Å². The largest absolute Gasteiger partial charge is 0.550 e. The van der Waals surface area contributed by atoms with Crippen LogP contribution < -0.4 is 5.11 Å². The van der Waals surface area contributed by atoms with Crippen LogP contribution in [0.15, 0.2) is 24.8 Å². The number of rotatable bonds is 6. The number of unbranched alkanes of at least 4 members (excludes halogenated alkanes) is 2. The van der Waals surface area contributed by atoms with E-state index in [9.17, 15) is 9.90 Å². The van der Waals surface area contributed by atoms with Crippen molar-refractivity contribution in [3.05, 3.63) is 24.8 Å². The fraction of sp³-hybridized carbons (Fsp3) is 0.444. The molecule has 0 bridgehead atoms. The molecule has 11 heavy (non-hydrogen) atoms. The summed E-state index contributed by atoms with van der Waals surface area (Å²) in [6, 6.07) is 0. The Kier molecular flexibility index (Phi) is 6.39. The second kappa shape index (κ2) is 7.06. The molecule has 62 valence electrons. The fourth-order valence-electron chi connectivity index (χ4n) is 0.677. The van der Waals surface area contributed by atoms with Gasteiger partial charge in [-0.2, -0.15) is 0 Å². The first-order valence-electron chi connectivity index (χ1n) is 3.73. The summed E-state index contributed by atoms with van der Waals surface area (Å²) in [5.74, 6) is -1.02. The Balaban J connectivity index is 3.16. The van der Waals surface area contributed by atoms with Gasteiger partial charge < -0.3 is 9.90 Å². The van der Waals surface area contributed by atoms with Crippen LogP contribution in [0.5, 0.6) is 0 Å². The average Bonchev–Trinajstić information content (AvgIpc) is 1.96. The van der Waals surface area contributed by atoms with Gasteiger partial charge in [0.25, 0.3) is 0 Å². The zero-order chi connectivity index (χ0) is 8.53. The molecule has 0 aromatic carbocycles. The number of hydrogen-bond acceptors (Lipinski definition) is 2. The lowest BCUT2D eigenvalue weighted by Crippen LogP contribution is -2.20. The van der Waals surface area contributed by atoms with E-state index in [1.54, 1.807) is 6.08 Å². The van der Waals surface area contributed by atoms with Crippen molar-refractivity contribution in [3.8, 4) is 0 Å². The Morgan fingerprint density at radius 1 is 1.36 bits per heavy atom. The zero-order valence-corrected chi connectivity index (χ0v) is 6.58. The van der Waals surface area contributed by atoms with Crippen molar-refractivity contribution in [2.45, 2.75) is 25.7 Å². The quantitative estimate of drug-likeness (QED) is 0.422. The highest BCUT2D eigenvalue weighted by Gasteiger charge is 1.80. The van der Waals surface area contributed by atoms with Crippen LogP contribution in [-0.2, 0) is 4.79 Å². The number of aliphatic carboxylic acids is 1. The number of carboxylic acid groups (broad SMARTS) is 1. The highest BCUT2D eigenvalue weighted by Crippen LogP contribution is 1.97. The zero-order valence-electron chi connectivity index (χ0n) is 6.58. The van der Waals surface area contributed by atoms with Gasteiger partial charge in [-0.05, 0) is 19.3 Å². The first kappa shape index (κ1) is 9.95. The first-order valence-corrected chi connectivity index (χ1v) is 3.73. The predicted molar refractivity (Wildman–Crippen MR) is 42.8 cm³/mol. The van der Waals surface area contributed by atoms with Crippen molar-refractivity contribution in [2.75, 3.05) is 0 Å². The highest BCUT2D eigenvalue weighted by molar-refractivity contribution is 5.66. The molecule has 2 heteroatoms. The lowest BCUT2D eigenvalue weighted by Gasteiger charge is -1.93. The minimum absolute atomic E-state index is 0.0219. The Morgan fingerprint density at radius 2 is 2.09 bits per heavy atom. The molecule has 0 unspecified atom stereocenters. The summed E-state index contributed by atoms with van der Waals surface area (Å²) in [5.41, 5.74) is 0. The molecule has 0 amide bonds. The maximum atomic E-state index is 9.91. The Labute approximate surface area is 67.2 Å². The normalized spacial score (nSPS) is 10.2. The van der Waals surface area contributed by atoms with Gasteiger partial charge in [-0.1, -0.05) is 18.2 Å². The van der Waals surface area contributed by atoms with Crippen molar-refractivity contribution >= 4 is 5.97 Å². The van der Waals surface area contributed by atoms with Gasteiger partial charge in [0.2, 0.25) is 0 Å². The molecule has 0 saturated heterocycles. The average molecular weight is 153 g/mol. The second-order valence-electron chi connectivity index (χ2n) is 2.27. The Morgan fingerprint density at radius 3 is 2.64 bits per heavy atom. The van der Waals surface area contributed by atoms with E-state index in [1.807, 2.05) is 12.2 Å². The SMILES string of the molecule is C=CCCC/C=C/CC(=O)[O-]. The van der Waals surface area contributed by atoms with E-state index in [4.69, 9.17) is 0 Å². The van der Waals surface area contributed by atoms with Gasteiger partial charge >= 0.3 is 0 Å². The summed E-state index contributed by atoms with van der Waals surface area (Å²) in [5, 5.41) is 9.91. The van der Waals surface area contributed by atoms with E-state index >= 15 is 0 Å². The number of allylic oxidation sites excluding steroid dienone is 2. The number of carboxylic acids is 1. The lowest BCUT2D eigenvalue weighted by molar-refractivity contribution is -0.304. The molecule has 0 radical (unpaired) electrons. The van der Waals surface area contributed by atoms with E-state index in [0.717, 1.165) is 19.3 Å². The van der Waals surface area contributed by atoms with Crippen LogP contribution in [0.4, 0.5) is 0 Å². The van der Waals surface area contributed by atoms with Crippen molar-refractivity contribution in [3.63, 3.8) is 0 Å². The van der Waals surface area contributed by atoms with E-state index in [-0.39, 0.29) is 6.42 Å². The third-order valence-electron chi connectivity index (χ3n) is 1.23. The number of hydrogen-bond donors (Lipinski definition) is 0. The molecule has 0 aromatic heterocycles. The van der Waals surface area contributed by atoms with Crippen LogP contribution in [0.3, 0.4) is 0 Å². The van der Waals surface area contributed by atoms with Gasteiger partial charge in [-0.25, -0.2) is 0 Å². The molecular formula is C9H13O2-. The van der Waals surface area contributed by atoms with E-state index in [1.165, 1.54) is 0 Å². The molecule has 0 saturated carbocycles. The molecule has 0 aromatic rings. The fourth-order valence-corrected chi connectivity index (χ4v) is 0.677. The van der Waals surface area contributed by atoms with Crippen LogP contribution in [0, 0.1) is 0 Å². The smallest absolute Gasteiger partial charge is 0.0452 e. The maximum absolute atomic E-state index is 9.91. The minimum atomic E-state index is -1.02. The molecule has 2 nitrogen and oxygen atoms in total. The van der Waals surface area contributed by atoms with Crippen LogP contribution >= 0.6 is 0 Å². The van der Waals surface area contributed by atoms with Crippen molar-refractivity contribution in [2.24, 2.45) is 0 Å². The number of carbonyl (C=O) groups is 1. The predicted octanol–water partition coefficient (Wildman–Crippen LogP) is 1.04. The third-order valence-corrected chi connectivity index (χ3v) is 1.23. The second-order valence-corrected chi connectivity index (χ2v) is 2.27. The van der Waals surface area contributed by atoms with Gasteiger partial charge in [0.15, 0.2) is 0 Å². The van der Waals surface area contributed by atoms with Crippen molar-refractivity contribution < 1.29 is 9.90 Å². The molecule has 0 rings (SSSR count). The molecular weight excluding hydrogens is 140 g/mol. The Hall–Kier alpha value is -1.05. The van der Waals surface area contributed by atoms with E-state index < -0.39 is 5.97 Å². The van der Waals surface area contributed by atoms with Gasteiger partial charge in [-0.15, -0.1) is 6.58 Å². The summed E-state index contributed by atoms with van der Waals surface area (Å²) in [4.78, 5) is 9.91. The molecule has 0 aliphatic rings. The summed E-state index contributed by atoms with van der Waals surface area (Å²) in [7, 11) is 0. The van der Waals surface area contributed by atoms with Crippen LogP contribution in [0.2, 0.25) is 0 Å². The first-order chi connectivity index (χ1) is 5.27. The molecule has 0 spiro atoms. The topological polar surface area (TPSA) is 40.1 Å².